The number of nitrogens with zero attached hydrogens (tertiary/aromatic N) is 5. The first-order valence-corrected chi connectivity index (χ1v) is 14.7. The molecule has 0 aliphatic rings. The van der Waals surface area contributed by atoms with E-state index in [1.165, 1.54) is 0 Å². The minimum atomic E-state index is 0.587. The van der Waals surface area contributed by atoms with Gasteiger partial charge in [0.05, 0.1) is 0 Å². The molecule has 0 fully saturated rings. The lowest BCUT2D eigenvalue weighted by Gasteiger charge is -2.12. The van der Waals surface area contributed by atoms with Crippen LogP contribution in [-0.4, -0.2) is 24.9 Å². The highest BCUT2D eigenvalue weighted by molar-refractivity contribution is 5.86. The van der Waals surface area contributed by atoms with Crippen LogP contribution in [0.5, 0.6) is 0 Å². The molecule has 45 heavy (non-hydrogen) atoms. The largest absolute Gasteiger partial charge is 0.436 e. The quantitative estimate of drug-likeness (QED) is 0.195. The summed E-state index contributed by atoms with van der Waals surface area (Å²) in [7, 11) is 0. The molecule has 0 atom stereocenters. The molecule has 3 heterocycles. The maximum absolute atomic E-state index is 6.10. The van der Waals surface area contributed by atoms with Gasteiger partial charge in [-0.3, -0.25) is 4.98 Å². The van der Waals surface area contributed by atoms with Gasteiger partial charge in [0.15, 0.2) is 23.1 Å². The zero-order valence-electron chi connectivity index (χ0n) is 24.1. The summed E-state index contributed by atoms with van der Waals surface area (Å²) in [4.78, 5) is 24.0. The third-order valence-electron chi connectivity index (χ3n) is 7.63. The van der Waals surface area contributed by atoms with Crippen molar-refractivity contribution in [2.75, 3.05) is 0 Å². The summed E-state index contributed by atoms with van der Waals surface area (Å²) in [5.41, 5.74) is 9.18. The number of benzene rings is 5. The van der Waals surface area contributed by atoms with Gasteiger partial charge < -0.3 is 4.42 Å². The summed E-state index contributed by atoms with van der Waals surface area (Å²) in [6, 6.07) is 46.4. The van der Waals surface area contributed by atoms with Crippen LogP contribution in [0.25, 0.3) is 79.0 Å². The lowest BCUT2D eigenvalue weighted by Crippen LogP contribution is -2.00. The molecule has 3 aromatic heterocycles. The Balaban J connectivity index is 1.30. The fourth-order valence-electron chi connectivity index (χ4n) is 5.37. The van der Waals surface area contributed by atoms with Gasteiger partial charge >= 0.3 is 0 Å². The van der Waals surface area contributed by atoms with Crippen LogP contribution in [0.4, 0.5) is 0 Å². The van der Waals surface area contributed by atoms with Crippen molar-refractivity contribution < 1.29 is 4.42 Å². The standard InChI is InChI=1S/C39H25N5O/c1-4-11-26(12-5-1)36-42-37(27-13-6-2-7-14-27)44-38(43-36)33-22-31(21-32(23-33)30-17-10-20-40-25-30)29-18-19-35-34(24-29)41-39(45-35)28-15-8-3-9-16-28/h1-25H. The molecule has 212 valence electrons. The van der Waals surface area contributed by atoms with E-state index in [4.69, 9.17) is 24.4 Å². The van der Waals surface area contributed by atoms with Crippen LogP contribution in [0.15, 0.2) is 156 Å². The number of hydrogen-bond donors (Lipinski definition) is 0. The van der Waals surface area contributed by atoms with Gasteiger partial charge in [0.25, 0.3) is 0 Å². The third-order valence-corrected chi connectivity index (χ3v) is 7.63. The minimum absolute atomic E-state index is 0.587. The first-order valence-electron chi connectivity index (χ1n) is 14.7. The maximum Gasteiger partial charge on any atom is 0.227 e. The number of aromatic nitrogens is 5. The Kier molecular flexibility index (Phi) is 6.70. The molecule has 0 saturated heterocycles. The van der Waals surface area contributed by atoms with Crippen LogP contribution in [0, 0.1) is 0 Å². The number of oxazole rings is 1. The van der Waals surface area contributed by atoms with Gasteiger partial charge in [-0.2, -0.15) is 0 Å². The predicted molar refractivity (Wildman–Crippen MR) is 178 cm³/mol. The van der Waals surface area contributed by atoms with Crippen molar-refractivity contribution in [1.29, 1.82) is 0 Å². The molecular weight excluding hydrogens is 554 g/mol. The molecule has 8 aromatic rings. The summed E-state index contributed by atoms with van der Waals surface area (Å²) in [5.74, 6) is 2.42. The predicted octanol–water partition coefficient (Wildman–Crippen LogP) is 9.41. The van der Waals surface area contributed by atoms with E-state index in [0.29, 0.717) is 23.4 Å². The van der Waals surface area contributed by atoms with Crippen molar-refractivity contribution in [1.82, 2.24) is 24.9 Å². The minimum Gasteiger partial charge on any atom is -0.436 e. The second-order valence-electron chi connectivity index (χ2n) is 10.6. The van der Waals surface area contributed by atoms with Gasteiger partial charge in [-0.25, -0.2) is 19.9 Å². The van der Waals surface area contributed by atoms with E-state index in [0.717, 1.165) is 55.6 Å². The summed E-state index contributed by atoms with van der Waals surface area (Å²) >= 11 is 0. The molecule has 0 N–H and O–H groups in total. The zero-order chi connectivity index (χ0) is 30.0. The van der Waals surface area contributed by atoms with Crippen LogP contribution in [-0.2, 0) is 0 Å². The van der Waals surface area contributed by atoms with Crippen LogP contribution in [0.3, 0.4) is 0 Å². The topological polar surface area (TPSA) is 77.6 Å². The Morgan fingerprint density at radius 3 is 1.51 bits per heavy atom. The molecular formula is C39H25N5O. The second kappa shape index (κ2) is 11.4. The number of hydrogen-bond acceptors (Lipinski definition) is 6. The van der Waals surface area contributed by atoms with Crippen molar-refractivity contribution in [3.8, 4) is 67.9 Å². The van der Waals surface area contributed by atoms with Crippen molar-refractivity contribution in [3.63, 3.8) is 0 Å². The monoisotopic (exact) mass is 579 g/mol. The molecule has 0 unspecified atom stereocenters. The van der Waals surface area contributed by atoms with Crippen molar-refractivity contribution >= 4 is 11.1 Å². The fourth-order valence-corrected chi connectivity index (χ4v) is 5.37. The first-order chi connectivity index (χ1) is 22.3. The molecule has 0 spiro atoms. The van der Waals surface area contributed by atoms with Gasteiger partial charge in [-0.15, -0.1) is 0 Å². The summed E-state index contributed by atoms with van der Waals surface area (Å²) in [6.45, 7) is 0. The molecule has 0 bridgehead atoms. The van der Waals surface area contributed by atoms with Crippen LogP contribution in [0.1, 0.15) is 0 Å². The van der Waals surface area contributed by atoms with Crippen molar-refractivity contribution in [2.24, 2.45) is 0 Å². The van der Waals surface area contributed by atoms with Gasteiger partial charge in [0.2, 0.25) is 5.89 Å². The lowest BCUT2D eigenvalue weighted by molar-refractivity contribution is 0.620. The first kappa shape index (κ1) is 26.4. The van der Waals surface area contributed by atoms with E-state index in [1.54, 1.807) is 6.20 Å². The highest BCUT2D eigenvalue weighted by Gasteiger charge is 2.16. The Bertz CT molecular complexity index is 2190. The van der Waals surface area contributed by atoms with Gasteiger partial charge in [0.1, 0.15) is 5.52 Å². The molecule has 0 aliphatic heterocycles. The summed E-state index contributed by atoms with van der Waals surface area (Å²) in [6.07, 6.45) is 3.65. The Labute approximate surface area is 259 Å². The molecule has 6 nitrogen and oxygen atoms in total. The SMILES string of the molecule is c1ccc(-c2nc(-c3ccccc3)nc(-c3cc(-c4cccnc4)cc(-c4ccc5oc(-c6ccccc6)nc5c4)c3)n2)cc1. The average Bonchev–Trinajstić information content (AvgIpc) is 3.57. The molecule has 5 aromatic carbocycles. The maximum atomic E-state index is 6.10. The summed E-state index contributed by atoms with van der Waals surface area (Å²) in [5, 5.41) is 0. The molecule has 0 aliphatic carbocycles. The Morgan fingerprint density at radius 2 is 0.911 bits per heavy atom. The fraction of sp³-hybridized carbons (Fsp3) is 0. The van der Waals surface area contributed by atoms with Gasteiger partial charge in [-0.05, 0) is 65.2 Å². The number of fused-ring (bicyclic) bond motifs is 1. The van der Waals surface area contributed by atoms with E-state index in [9.17, 15) is 0 Å². The normalized spacial score (nSPS) is 11.1. The van der Waals surface area contributed by atoms with E-state index in [1.807, 2.05) is 109 Å². The summed E-state index contributed by atoms with van der Waals surface area (Å²) < 4.78 is 6.10. The van der Waals surface area contributed by atoms with E-state index < -0.39 is 0 Å². The average molecular weight is 580 g/mol. The van der Waals surface area contributed by atoms with Crippen molar-refractivity contribution in [3.05, 3.63) is 152 Å². The molecule has 0 radical (unpaired) electrons. The van der Waals surface area contributed by atoms with Crippen LogP contribution >= 0.6 is 0 Å². The van der Waals surface area contributed by atoms with Gasteiger partial charge in [-0.1, -0.05) is 91.0 Å². The highest BCUT2D eigenvalue weighted by atomic mass is 16.3. The van der Waals surface area contributed by atoms with Crippen LogP contribution in [0.2, 0.25) is 0 Å². The number of pyridine rings is 1. The molecule has 0 amide bonds. The Hall–Kier alpha value is -6.27. The highest BCUT2D eigenvalue weighted by Crippen LogP contribution is 2.35. The molecule has 8 rings (SSSR count). The third kappa shape index (κ3) is 5.37. The van der Waals surface area contributed by atoms with E-state index >= 15 is 0 Å². The van der Waals surface area contributed by atoms with E-state index in [-0.39, 0.29) is 0 Å². The molecule has 6 heteroatoms. The van der Waals surface area contributed by atoms with E-state index in [2.05, 4.69) is 41.4 Å². The Morgan fingerprint density at radius 1 is 0.378 bits per heavy atom. The van der Waals surface area contributed by atoms with Crippen LogP contribution < -0.4 is 0 Å². The van der Waals surface area contributed by atoms with Gasteiger partial charge in [0, 0.05) is 40.2 Å². The molecule has 0 saturated carbocycles. The zero-order valence-corrected chi connectivity index (χ0v) is 24.1. The second-order valence-corrected chi connectivity index (χ2v) is 10.6. The number of rotatable bonds is 6. The lowest BCUT2D eigenvalue weighted by atomic mass is 9.96. The van der Waals surface area contributed by atoms with Crippen molar-refractivity contribution in [2.45, 2.75) is 0 Å². The smallest absolute Gasteiger partial charge is 0.227 e.